The second kappa shape index (κ2) is 5.41. The number of ether oxygens (including phenoxy) is 1. The minimum Gasteiger partial charge on any atom is -0.465 e. The first-order valence-corrected chi connectivity index (χ1v) is 5.02. The van der Waals surface area contributed by atoms with Gasteiger partial charge in [-0.15, -0.1) is 0 Å². The average Bonchev–Trinajstić information content (AvgIpc) is 2.22. The van der Waals surface area contributed by atoms with E-state index in [1.54, 1.807) is 6.92 Å². The fraction of sp³-hybridized carbons (Fsp3) is 0.333. The minimum atomic E-state index is -1.06. The highest BCUT2D eigenvalue weighted by Crippen LogP contribution is 2.13. The molecule has 1 atom stereocenters. The van der Waals surface area contributed by atoms with E-state index in [2.05, 4.69) is 25.9 Å². The molecule has 0 aromatic carbocycles. The number of carbonyl (C=O) groups is 1. The molecule has 1 rings (SSSR count). The van der Waals surface area contributed by atoms with Crippen molar-refractivity contribution < 1.29 is 9.53 Å². The van der Waals surface area contributed by atoms with Crippen molar-refractivity contribution in [1.29, 1.82) is 5.26 Å². The summed E-state index contributed by atoms with van der Waals surface area (Å²) in [6.07, 6.45) is 2.96. The largest absolute Gasteiger partial charge is 0.465 e. The van der Waals surface area contributed by atoms with Crippen LogP contribution in [-0.2, 0) is 9.53 Å². The van der Waals surface area contributed by atoms with Crippen LogP contribution in [0.25, 0.3) is 0 Å². The summed E-state index contributed by atoms with van der Waals surface area (Å²) in [5.41, 5.74) is 0. The molecule has 0 fully saturated rings. The lowest BCUT2D eigenvalue weighted by Gasteiger charge is -2.06. The lowest BCUT2D eigenvalue weighted by molar-refractivity contribution is -0.143. The zero-order chi connectivity index (χ0) is 11.3. The summed E-state index contributed by atoms with van der Waals surface area (Å²) in [6.45, 7) is 1.91. The van der Waals surface area contributed by atoms with Gasteiger partial charge in [-0.05, 0) is 22.9 Å². The molecule has 0 amide bonds. The van der Waals surface area contributed by atoms with E-state index in [1.165, 1.54) is 12.4 Å². The Morgan fingerprint density at radius 2 is 2.27 bits per heavy atom. The van der Waals surface area contributed by atoms with Crippen molar-refractivity contribution in [3.05, 3.63) is 22.7 Å². The normalized spacial score (nSPS) is 11.5. The lowest BCUT2D eigenvalue weighted by Crippen LogP contribution is -2.16. The quantitative estimate of drug-likeness (QED) is 0.776. The van der Waals surface area contributed by atoms with E-state index in [4.69, 9.17) is 10.00 Å². The molecular formula is C9H8BrN3O2. The number of rotatable bonds is 3. The van der Waals surface area contributed by atoms with Gasteiger partial charge in [0.25, 0.3) is 0 Å². The zero-order valence-corrected chi connectivity index (χ0v) is 9.56. The Hall–Kier alpha value is -1.48. The Bertz CT molecular complexity index is 385. The number of halogens is 1. The number of aromatic nitrogens is 2. The third kappa shape index (κ3) is 2.99. The topological polar surface area (TPSA) is 75.9 Å². The maximum absolute atomic E-state index is 11.3. The van der Waals surface area contributed by atoms with Crippen LogP contribution in [0.4, 0.5) is 0 Å². The van der Waals surface area contributed by atoms with Crippen LogP contribution < -0.4 is 0 Å². The van der Waals surface area contributed by atoms with Crippen LogP contribution in [0.15, 0.2) is 16.9 Å². The monoisotopic (exact) mass is 269 g/mol. The fourth-order valence-corrected chi connectivity index (χ4v) is 1.12. The van der Waals surface area contributed by atoms with Gasteiger partial charge in [-0.2, -0.15) is 5.26 Å². The van der Waals surface area contributed by atoms with E-state index in [1.807, 2.05) is 6.07 Å². The Morgan fingerprint density at radius 1 is 1.67 bits per heavy atom. The second-order valence-electron chi connectivity index (χ2n) is 2.57. The molecule has 0 bridgehead atoms. The molecule has 0 unspecified atom stereocenters. The first-order chi connectivity index (χ1) is 7.19. The number of hydrogen-bond acceptors (Lipinski definition) is 5. The van der Waals surface area contributed by atoms with Crippen molar-refractivity contribution in [1.82, 2.24) is 9.97 Å². The summed E-state index contributed by atoms with van der Waals surface area (Å²) in [5.74, 6) is -1.53. The van der Waals surface area contributed by atoms with Gasteiger partial charge in [0.05, 0.1) is 17.1 Å². The SMILES string of the molecule is CCOC(=O)[C@@H](C#N)c1ncc(Br)cn1. The molecule has 1 aromatic heterocycles. The Balaban J connectivity index is 2.89. The standard InChI is InChI=1S/C9H8BrN3O2/c1-2-15-9(14)7(3-11)8-12-4-6(10)5-13-8/h4-5,7H,2H2,1H3/t7-/m0/s1. The third-order valence-electron chi connectivity index (χ3n) is 1.55. The van der Waals surface area contributed by atoms with Crippen molar-refractivity contribution in [2.24, 2.45) is 0 Å². The van der Waals surface area contributed by atoms with Crippen LogP contribution in [0.5, 0.6) is 0 Å². The molecular weight excluding hydrogens is 262 g/mol. The molecule has 0 saturated carbocycles. The van der Waals surface area contributed by atoms with Crippen molar-refractivity contribution in [3.8, 4) is 6.07 Å². The van der Waals surface area contributed by atoms with Crippen LogP contribution in [0.2, 0.25) is 0 Å². The van der Waals surface area contributed by atoms with Gasteiger partial charge in [0, 0.05) is 12.4 Å². The van der Waals surface area contributed by atoms with Crippen LogP contribution in [0.1, 0.15) is 18.7 Å². The number of nitrogens with zero attached hydrogens (tertiary/aromatic N) is 3. The summed E-state index contributed by atoms with van der Waals surface area (Å²) in [7, 11) is 0. The minimum absolute atomic E-state index is 0.152. The van der Waals surface area contributed by atoms with Gasteiger partial charge in [0.1, 0.15) is 0 Å². The van der Waals surface area contributed by atoms with E-state index in [9.17, 15) is 4.79 Å². The maximum Gasteiger partial charge on any atom is 0.331 e. The number of hydrogen-bond donors (Lipinski definition) is 0. The Morgan fingerprint density at radius 3 is 2.73 bits per heavy atom. The first kappa shape index (κ1) is 11.6. The molecule has 1 aromatic rings. The number of nitriles is 1. The maximum atomic E-state index is 11.3. The van der Waals surface area contributed by atoms with Crippen molar-refractivity contribution in [2.75, 3.05) is 6.61 Å². The third-order valence-corrected chi connectivity index (χ3v) is 1.96. The highest BCUT2D eigenvalue weighted by atomic mass is 79.9. The van der Waals surface area contributed by atoms with Crippen molar-refractivity contribution in [3.63, 3.8) is 0 Å². The molecule has 0 N–H and O–H groups in total. The zero-order valence-electron chi connectivity index (χ0n) is 7.98. The number of esters is 1. The van der Waals surface area contributed by atoms with E-state index in [0.717, 1.165) is 0 Å². The highest BCUT2D eigenvalue weighted by Gasteiger charge is 2.24. The smallest absolute Gasteiger partial charge is 0.331 e. The summed E-state index contributed by atoms with van der Waals surface area (Å²) in [4.78, 5) is 19.1. The first-order valence-electron chi connectivity index (χ1n) is 4.22. The molecule has 6 heteroatoms. The molecule has 78 valence electrons. The Kier molecular flexibility index (Phi) is 4.18. The summed E-state index contributed by atoms with van der Waals surface area (Å²) in [6, 6.07) is 1.81. The molecule has 0 aliphatic carbocycles. The summed E-state index contributed by atoms with van der Waals surface area (Å²) >= 11 is 3.16. The van der Waals surface area contributed by atoms with E-state index >= 15 is 0 Å². The predicted molar refractivity (Wildman–Crippen MR) is 54.7 cm³/mol. The van der Waals surface area contributed by atoms with Gasteiger partial charge in [0.2, 0.25) is 5.92 Å². The molecule has 15 heavy (non-hydrogen) atoms. The second-order valence-corrected chi connectivity index (χ2v) is 3.49. The molecule has 0 saturated heterocycles. The fourth-order valence-electron chi connectivity index (χ4n) is 0.913. The molecule has 0 aliphatic rings. The summed E-state index contributed by atoms with van der Waals surface area (Å²) < 4.78 is 5.41. The van der Waals surface area contributed by atoms with E-state index < -0.39 is 11.9 Å². The highest BCUT2D eigenvalue weighted by molar-refractivity contribution is 9.10. The van der Waals surface area contributed by atoms with Gasteiger partial charge >= 0.3 is 5.97 Å². The van der Waals surface area contributed by atoms with Gasteiger partial charge in [-0.3, -0.25) is 4.79 Å². The van der Waals surface area contributed by atoms with Crippen molar-refractivity contribution in [2.45, 2.75) is 12.8 Å². The van der Waals surface area contributed by atoms with Gasteiger partial charge in [-0.1, -0.05) is 0 Å². The predicted octanol–water partition coefficient (Wildman–Crippen LogP) is 1.41. The average molecular weight is 270 g/mol. The van der Waals surface area contributed by atoms with Crippen LogP contribution in [0.3, 0.4) is 0 Å². The van der Waals surface area contributed by atoms with Gasteiger partial charge in [-0.25, -0.2) is 9.97 Å². The van der Waals surface area contributed by atoms with Gasteiger partial charge in [0.15, 0.2) is 5.82 Å². The molecule has 5 nitrogen and oxygen atoms in total. The Labute approximate surface area is 95.2 Å². The van der Waals surface area contributed by atoms with E-state index in [0.29, 0.717) is 4.47 Å². The van der Waals surface area contributed by atoms with E-state index in [-0.39, 0.29) is 12.4 Å². The number of carbonyl (C=O) groups excluding carboxylic acids is 1. The van der Waals surface area contributed by atoms with Crippen molar-refractivity contribution >= 4 is 21.9 Å². The van der Waals surface area contributed by atoms with Crippen LogP contribution in [-0.4, -0.2) is 22.5 Å². The lowest BCUT2D eigenvalue weighted by atomic mass is 10.1. The van der Waals surface area contributed by atoms with Crippen LogP contribution in [0, 0.1) is 11.3 Å². The molecule has 0 spiro atoms. The van der Waals surface area contributed by atoms with Gasteiger partial charge < -0.3 is 4.74 Å². The summed E-state index contributed by atoms with van der Waals surface area (Å²) in [5, 5.41) is 8.80. The van der Waals surface area contributed by atoms with Crippen LogP contribution >= 0.6 is 15.9 Å². The molecule has 0 radical (unpaired) electrons. The molecule has 0 aliphatic heterocycles. The molecule has 1 heterocycles.